The number of anilines is 6. The average molecular weight is 625 g/mol. The summed E-state index contributed by atoms with van der Waals surface area (Å²) in [7, 11) is 1.44. The topological polar surface area (TPSA) is 49.9 Å². The van der Waals surface area contributed by atoms with Crippen molar-refractivity contribution in [2.75, 3.05) is 16.9 Å². The van der Waals surface area contributed by atoms with Crippen LogP contribution < -0.4 is 9.80 Å². The monoisotopic (exact) mass is 624 g/mol. The lowest BCUT2D eigenvalue weighted by Gasteiger charge is -2.26. The van der Waals surface area contributed by atoms with Gasteiger partial charge >= 0.3 is 0 Å². The van der Waals surface area contributed by atoms with Crippen molar-refractivity contribution < 1.29 is 14.3 Å². The van der Waals surface area contributed by atoms with Crippen molar-refractivity contribution in [3.8, 4) is 0 Å². The maximum atomic E-state index is 13.9. The van der Waals surface area contributed by atoms with Gasteiger partial charge in [0.2, 0.25) is 5.78 Å². The molecule has 1 aliphatic rings. The van der Waals surface area contributed by atoms with Gasteiger partial charge < -0.3 is 14.5 Å². The Labute approximate surface area is 280 Å². The van der Waals surface area contributed by atoms with Crippen LogP contribution in [0.15, 0.2) is 182 Å². The SMILES string of the molecule is COC1=C(c2ccc(N(c3ccccc3)c3ccccc3)cc2)C(=O)C=C(c2ccc(N(c3ccccc3)c3ccccc3)cc2)C1=O. The van der Waals surface area contributed by atoms with Crippen LogP contribution in [0, 0.1) is 0 Å². The van der Waals surface area contributed by atoms with Crippen LogP contribution in [0.4, 0.5) is 34.1 Å². The third-order valence-corrected chi connectivity index (χ3v) is 8.31. The Balaban J connectivity index is 1.19. The van der Waals surface area contributed by atoms with E-state index < -0.39 is 0 Å². The second-order valence-corrected chi connectivity index (χ2v) is 11.3. The summed E-state index contributed by atoms with van der Waals surface area (Å²) in [6.07, 6.45) is 1.43. The standard InChI is InChI=1S/C43H32N2O3/c1-48-43-41(32-24-28-38(29-25-32)45(35-18-10-4-11-19-35)36-20-12-5-13-21-36)40(46)30-39(42(43)47)31-22-26-37(27-23-31)44(33-14-6-2-7-15-33)34-16-8-3-9-17-34/h2-30H,1H3. The van der Waals surface area contributed by atoms with E-state index in [9.17, 15) is 9.59 Å². The molecule has 0 bridgehead atoms. The number of carbonyl (C=O) groups is 2. The van der Waals surface area contributed by atoms with Gasteiger partial charge in [-0.05, 0) is 90.0 Å². The first kappa shape index (κ1) is 30.2. The summed E-state index contributed by atoms with van der Waals surface area (Å²) < 4.78 is 5.64. The van der Waals surface area contributed by atoms with Gasteiger partial charge in [0.05, 0.1) is 12.7 Å². The van der Waals surface area contributed by atoms with Gasteiger partial charge in [0.25, 0.3) is 0 Å². The second kappa shape index (κ2) is 13.5. The fourth-order valence-corrected chi connectivity index (χ4v) is 6.07. The van der Waals surface area contributed by atoms with Crippen LogP contribution in [0.3, 0.4) is 0 Å². The predicted molar refractivity (Wildman–Crippen MR) is 194 cm³/mol. The Kier molecular flexibility index (Phi) is 8.49. The molecule has 1 aliphatic carbocycles. The van der Waals surface area contributed by atoms with Crippen molar-refractivity contribution in [3.63, 3.8) is 0 Å². The molecule has 6 aromatic carbocycles. The lowest BCUT2D eigenvalue weighted by molar-refractivity contribution is -0.115. The summed E-state index contributed by atoms with van der Waals surface area (Å²) in [4.78, 5) is 31.9. The molecule has 0 aromatic heterocycles. The van der Waals surface area contributed by atoms with E-state index in [1.165, 1.54) is 13.2 Å². The minimum absolute atomic E-state index is 0.0347. The molecule has 0 amide bonds. The number of ether oxygens (including phenoxy) is 1. The van der Waals surface area contributed by atoms with E-state index in [-0.39, 0.29) is 22.9 Å². The first-order valence-corrected chi connectivity index (χ1v) is 15.7. The maximum absolute atomic E-state index is 13.9. The average Bonchev–Trinajstić information content (AvgIpc) is 3.15. The Bertz CT molecular complexity index is 2030. The molecule has 232 valence electrons. The minimum Gasteiger partial charge on any atom is -0.492 e. The van der Waals surface area contributed by atoms with E-state index in [0.29, 0.717) is 16.7 Å². The smallest absolute Gasteiger partial charge is 0.229 e. The minimum atomic E-state index is -0.331. The molecule has 0 heterocycles. The number of allylic oxidation sites excluding steroid dienone is 3. The quantitative estimate of drug-likeness (QED) is 0.150. The first-order chi connectivity index (χ1) is 23.6. The molecule has 7 rings (SSSR count). The summed E-state index contributed by atoms with van der Waals surface area (Å²) in [6, 6.07) is 55.7. The summed E-state index contributed by atoms with van der Waals surface area (Å²) in [5.41, 5.74) is 7.68. The highest BCUT2D eigenvalue weighted by atomic mass is 16.5. The zero-order chi connectivity index (χ0) is 32.9. The molecular weight excluding hydrogens is 592 g/mol. The molecule has 5 nitrogen and oxygen atoms in total. The van der Waals surface area contributed by atoms with Gasteiger partial charge in [-0.2, -0.15) is 0 Å². The largest absolute Gasteiger partial charge is 0.492 e. The van der Waals surface area contributed by atoms with Crippen molar-refractivity contribution in [2.45, 2.75) is 0 Å². The number of benzene rings is 6. The summed E-state index contributed by atoms with van der Waals surface area (Å²) in [5, 5.41) is 0. The summed E-state index contributed by atoms with van der Waals surface area (Å²) in [6.45, 7) is 0. The van der Waals surface area contributed by atoms with Gasteiger partial charge in [-0.3, -0.25) is 9.59 Å². The highest BCUT2D eigenvalue weighted by molar-refractivity contribution is 6.45. The molecule has 0 atom stereocenters. The fraction of sp³-hybridized carbons (Fsp3) is 0.0233. The van der Waals surface area contributed by atoms with Gasteiger partial charge in [-0.15, -0.1) is 0 Å². The van der Waals surface area contributed by atoms with Crippen LogP contribution in [0.1, 0.15) is 11.1 Å². The molecular formula is C43H32N2O3. The van der Waals surface area contributed by atoms with Crippen molar-refractivity contribution in [1.29, 1.82) is 0 Å². The number of para-hydroxylation sites is 4. The van der Waals surface area contributed by atoms with E-state index in [2.05, 4.69) is 58.3 Å². The third-order valence-electron chi connectivity index (χ3n) is 8.31. The Hall–Kier alpha value is -6.46. The van der Waals surface area contributed by atoms with Crippen molar-refractivity contribution in [3.05, 3.63) is 193 Å². The molecule has 0 N–H and O–H groups in total. The number of nitrogens with zero attached hydrogens (tertiary/aromatic N) is 2. The molecule has 0 radical (unpaired) electrons. The predicted octanol–water partition coefficient (Wildman–Crippen LogP) is 10.2. The van der Waals surface area contributed by atoms with Crippen LogP contribution in [0.5, 0.6) is 0 Å². The molecule has 0 saturated carbocycles. The van der Waals surface area contributed by atoms with Gasteiger partial charge in [-0.1, -0.05) is 97.1 Å². The van der Waals surface area contributed by atoms with Gasteiger partial charge in [0.1, 0.15) is 0 Å². The number of hydrogen-bond donors (Lipinski definition) is 0. The molecule has 48 heavy (non-hydrogen) atoms. The van der Waals surface area contributed by atoms with Crippen LogP contribution >= 0.6 is 0 Å². The zero-order valence-electron chi connectivity index (χ0n) is 26.4. The molecule has 0 saturated heterocycles. The lowest BCUT2D eigenvalue weighted by atomic mass is 9.87. The Morgan fingerprint density at radius 1 is 0.417 bits per heavy atom. The van der Waals surface area contributed by atoms with Gasteiger partial charge in [0, 0.05) is 39.7 Å². The number of rotatable bonds is 9. The van der Waals surface area contributed by atoms with Crippen LogP contribution in [0.2, 0.25) is 0 Å². The summed E-state index contributed by atoms with van der Waals surface area (Å²) >= 11 is 0. The van der Waals surface area contributed by atoms with E-state index in [4.69, 9.17) is 4.74 Å². The normalized spacial score (nSPS) is 12.8. The number of carbonyl (C=O) groups excluding carboxylic acids is 2. The molecule has 6 aromatic rings. The van der Waals surface area contributed by atoms with Crippen LogP contribution in [-0.2, 0) is 14.3 Å². The van der Waals surface area contributed by atoms with E-state index in [1.54, 1.807) is 0 Å². The molecule has 0 aliphatic heterocycles. The Morgan fingerprint density at radius 2 is 0.750 bits per heavy atom. The van der Waals surface area contributed by atoms with Gasteiger partial charge in [-0.25, -0.2) is 0 Å². The summed E-state index contributed by atoms with van der Waals surface area (Å²) in [5.74, 6) is -0.578. The van der Waals surface area contributed by atoms with E-state index >= 15 is 0 Å². The van der Waals surface area contributed by atoms with E-state index in [0.717, 1.165) is 34.1 Å². The highest BCUT2D eigenvalue weighted by Crippen LogP contribution is 2.38. The maximum Gasteiger partial charge on any atom is 0.229 e. The van der Waals surface area contributed by atoms with E-state index in [1.807, 2.05) is 121 Å². The molecule has 0 spiro atoms. The van der Waals surface area contributed by atoms with Crippen molar-refractivity contribution in [2.24, 2.45) is 0 Å². The second-order valence-electron chi connectivity index (χ2n) is 11.3. The number of hydrogen-bond acceptors (Lipinski definition) is 5. The van der Waals surface area contributed by atoms with Crippen LogP contribution in [0.25, 0.3) is 11.1 Å². The highest BCUT2D eigenvalue weighted by Gasteiger charge is 2.31. The molecule has 5 heteroatoms. The lowest BCUT2D eigenvalue weighted by Crippen LogP contribution is -2.19. The van der Waals surface area contributed by atoms with Crippen molar-refractivity contribution in [1.82, 2.24) is 0 Å². The van der Waals surface area contributed by atoms with Crippen LogP contribution in [-0.4, -0.2) is 18.7 Å². The third kappa shape index (κ3) is 5.93. The number of Topliss-reactive ketones (excluding diaryl/α,β-unsaturated/α-hetero) is 1. The zero-order valence-corrected chi connectivity index (χ0v) is 26.4. The number of methoxy groups -OCH3 is 1. The Morgan fingerprint density at radius 3 is 1.10 bits per heavy atom. The molecule has 0 unspecified atom stereocenters. The van der Waals surface area contributed by atoms with Gasteiger partial charge in [0.15, 0.2) is 11.5 Å². The molecule has 0 fully saturated rings. The first-order valence-electron chi connectivity index (χ1n) is 15.7. The fourth-order valence-electron chi connectivity index (χ4n) is 6.07. The van der Waals surface area contributed by atoms with Crippen molar-refractivity contribution >= 4 is 56.8 Å². The number of ketones is 2.